The predicted octanol–water partition coefficient (Wildman–Crippen LogP) is 1.43. The van der Waals surface area contributed by atoms with Crippen LogP contribution in [0.15, 0.2) is 47.4 Å². The van der Waals surface area contributed by atoms with E-state index in [-0.39, 0.29) is 17.4 Å². The van der Waals surface area contributed by atoms with E-state index in [0.717, 1.165) is 24.1 Å². The molecule has 0 aliphatic carbocycles. The number of rotatable bonds is 5. The van der Waals surface area contributed by atoms with Gasteiger partial charge in [0.2, 0.25) is 11.5 Å². The lowest BCUT2D eigenvalue weighted by atomic mass is 10.1. The lowest BCUT2D eigenvalue weighted by molar-refractivity contribution is -0.128. The van der Waals surface area contributed by atoms with Gasteiger partial charge in [0.25, 0.3) is 5.91 Å². The zero-order valence-electron chi connectivity index (χ0n) is 13.2. The molecule has 2 amide bonds. The first-order valence-electron chi connectivity index (χ1n) is 7.95. The lowest BCUT2D eigenvalue weighted by Crippen LogP contribution is -2.27. The molecule has 3 rings (SSSR count). The maximum atomic E-state index is 12.1. The van der Waals surface area contributed by atoms with Gasteiger partial charge in [0.15, 0.2) is 0 Å². The Bertz CT molecular complexity index is 793. The zero-order valence-corrected chi connectivity index (χ0v) is 13.2. The highest BCUT2D eigenvalue weighted by atomic mass is 16.2. The first kappa shape index (κ1) is 16.0. The Morgan fingerprint density at radius 3 is 2.58 bits per heavy atom. The highest BCUT2D eigenvalue weighted by Crippen LogP contribution is 2.17. The second-order valence-electron chi connectivity index (χ2n) is 5.81. The van der Waals surface area contributed by atoms with Gasteiger partial charge < -0.3 is 15.2 Å². The van der Waals surface area contributed by atoms with Crippen LogP contribution in [0.1, 0.15) is 34.3 Å². The minimum atomic E-state index is -0.252. The van der Waals surface area contributed by atoms with E-state index in [1.54, 1.807) is 0 Å². The van der Waals surface area contributed by atoms with E-state index in [4.69, 9.17) is 0 Å². The zero-order chi connectivity index (χ0) is 16.9. The van der Waals surface area contributed by atoms with Crippen molar-refractivity contribution in [2.75, 3.05) is 6.54 Å². The third-order valence-corrected chi connectivity index (χ3v) is 4.14. The predicted molar refractivity (Wildman–Crippen MR) is 89.3 cm³/mol. The van der Waals surface area contributed by atoms with Gasteiger partial charge in [-0.1, -0.05) is 24.3 Å². The monoisotopic (exact) mass is 325 g/mol. The van der Waals surface area contributed by atoms with Crippen LogP contribution in [0.4, 0.5) is 0 Å². The van der Waals surface area contributed by atoms with E-state index in [1.165, 1.54) is 18.3 Å². The van der Waals surface area contributed by atoms with Crippen molar-refractivity contribution in [2.45, 2.75) is 25.9 Å². The van der Waals surface area contributed by atoms with Crippen molar-refractivity contribution in [2.24, 2.45) is 0 Å². The molecule has 0 radical (unpaired) electrons. The molecule has 1 aliphatic heterocycles. The molecule has 6 heteroatoms. The smallest absolute Gasteiger partial charge is 0.253 e. The number of nitrogens with zero attached hydrogens (tertiary/aromatic N) is 1. The summed E-state index contributed by atoms with van der Waals surface area (Å²) < 4.78 is 0. The topological polar surface area (TPSA) is 82.3 Å². The van der Waals surface area contributed by atoms with Crippen LogP contribution in [0.25, 0.3) is 0 Å². The lowest BCUT2D eigenvalue weighted by Gasteiger charge is -2.18. The van der Waals surface area contributed by atoms with Crippen molar-refractivity contribution < 1.29 is 9.59 Å². The second-order valence-corrected chi connectivity index (χ2v) is 5.81. The summed E-state index contributed by atoms with van der Waals surface area (Å²) in [4.78, 5) is 39.3. The summed E-state index contributed by atoms with van der Waals surface area (Å²) in [6.45, 7) is 1.73. The second kappa shape index (κ2) is 7.12. The molecule has 0 atom stereocenters. The number of likely N-dealkylation sites (tertiary alicyclic amines) is 1. The molecule has 6 nitrogen and oxygen atoms in total. The van der Waals surface area contributed by atoms with Crippen LogP contribution in [0.3, 0.4) is 0 Å². The summed E-state index contributed by atoms with van der Waals surface area (Å²) >= 11 is 0. The average molecular weight is 325 g/mol. The minimum Gasteiger partial charge on any atom is -0.348 e. The van der Waals surface area contributed by atoms with Crippen molar-refractivity contribution >= 4 is 11.8 Å². The number of aromatic nitrogens is 1. The molecule has 1 aromatic carbocycles. The Morgan fingerprint density at radius 2 is 1.92 bits per heavy atom. The van der Waals surface area contributed by atoms with Gasteiger partial charge in [-0.25, -0.2) is 0 Å². The maximum Gasteiger partial charge on any atom is 0.253 e. The first-order chi connectivity index (χ1) is 11.6. The van der Waals surface area contributed by atoms with Crippen molar-refractivity contribution in [1.29, 1.82) is 0 Å². The Kier molecular flexibility index (Phi) is 4.74. The van der Waals surface area contributed by atoms with Crippen LogP contribution in [-0.2, 0) is 17.9 Å². The molecule has 0 saturated carbocycles. The number of benzene rings is 1. The maximum absolute atomic E-state index is 12.1. The third-order valence-electron chi connectivity index (χ3n) is 4.14. The number of amides is 2. The van der Waals surface area contributed by atoms with Crippen LogP contribution in [0.2, 0.25) is 0 Å². The SMILES string of the molecule is O=C(NCc1ccccc1CN1CCCC1=O)c1ccc(=O)[nH]c1. The number of carbonyl (C=O) groups is 2. The Labute approximate surface area is 139 Å². The quantitative estimate of drug-likeness (QED) is 0.872. The summed E-state index contributed by atoms with van der Waals surface area (Å²) in [6.07, 6.45) is 2.92. The summed E-state index contributed by atoms with van der Waals surface area (Å²) in [5, 5.41) is 2.85. The Hall–Kier alpha value is -2.89. The Balaban J connectivity index is 1.66. The molecular weight excluding hydrogens is 306 g/mol. The van der Waals surface area contributed by atoms with E-state index >= 15 is 0 Å². The molecule has 1 saturated heterocycles. The third kappa shape index (κ3) is 3.71. The van der Waals surface area contributed by atoms with E-state index in [9.17, 15) is 14.4 Å². The van der Waals surface area contributed by atoms with Gasteiger partial charge in [-0.2, -0.15) is 0 Å². The number of pyridine rings is 1. The van der Waals surface area contributed by atoms with Gasteiger partial charge in [0, 0.05) is 38.3 Å². The van der Waals surface area contributed by atoms with Gasteiger partial charge in [-0.05, 0) is 23.6 Å². The molecule has 2 N–H and O–H groups in total. The van der Waals surface area contributed by atoms with Gasteiger partial charge in [-0.3, -0.25) is 14.4 Å². The van der Waals surface area contributed by atoms with Crippen molar-refractivity contribution in [1.82, 2.24) is 15.2 Å². The van der Waals surface area contributed by atoms with Crippen molar-refractivity contribution in [3.63, 3.8) is 0 Å². The molecular formula is C18H19N3O3. The summed E-state index contributed by atoms with van der Waals surface area (Å²) in [5.41, 5.74) is 2.18. The molecule has 24 heavy (non-hydrogen) atoms. The van der Waals surface area contributed by atoms with E-state index in [2.05, 4.69) is 10.3 Å². The van der Waals surface area contributed by atoms with E-state index in [1.807, 2.05) is 29.2 Å². The summed E-state index contributed by atoms with van der Waals surface area (Å²) in [5.74, 6) is -0.0691. The van der Waals surface area contributed by atoms with Crippen LogP contribution < -0.4 is 10.9 Å². The fourth-order valence-electron chi connectivity index (χ4n) is 2.79. The number of aromatic amines is 1. The molecule has 2 heterocycles. The van der Waals surface area contributed by atoms with E-state index in [0.29, 0.717) is 25.1 Å². The molecule has 0 spiro atoms. The van der Waals surface area contributed by atoms with Gasteiger partial charge in [0.05, 0.1) is 5.56 Å². The normalized spacial score (nSPS) is 14.0. The largest absolute Gasteiger partial charge is 0.348 e. The fraction of sp³-hybridized carbons (Fsp3) is 0.278. The number of hydrogen-bond donors (Lipinski definition) is 2. The van der Waals surface area contributed by atoms with E-state index < -0.39 is 0 Å². The molecule has 0 unspecified atom stereocenters. The summed E-state index contributed by atoms with van der Waals surface area (Å²) in [6, 6.07) is 10.6. The van der Waals surface area contributed by atoms with Crippen LogP contribution >= 0.6 is 0 Å². The molecule has 0 bridgehead atoms. The number of nitrogens with one attached hydrogen (secondary N) is 2. The number of hydrogen-bond acceptors (Lipinski definition) is 3. The molecule has 2 aromatic rings. The number of H-pyrrole nitrogens is 1. The molecule has 1 aromatic heterocycles. The van der Waals surface area contributed by atoms with Crippen molar-refractivity contribution in [3.05, 3.63) is 69.6 Å². The summed E-state index contributed by atoms with van der Waals surface area (Å²) in [7, 11) is 0. The molecule has 1 aliphatic rings. The Morgan fingerprint density at radius 1 is 1.12 bits per heavy atom. The van der Waals surface area contributed by atoms with Gasteiger partial charge in [-0.15, -0.1) is 0 Å². The van der Waals surface area contributed by atoms with Gasteiger partial charge >= 0.3 is 0 Å². The van der Waals surface area contributed by atoms with Crippen molar-refractivity contribution in [3.8, 4) is 0 Å². The van der Waals surface area contributed by atoms with Crippen LogP contribution in [-0.4, -0.2) is 28.2 Å². The molecule has 1 fully saturated rings. The van der Waals surface area contributed by atoms with Crippen LogP contribution in [0, 0.1) is 0 Å². The highest BCUT2D eigenvalue weighted by molar-refractivity contribution is 5.93. The van der Waals surface area contributed by atoms with Crippen LogP contribution in [0.5, 0.6) is 0 Å². The number of carbonyl (C=O) groups excluding carboxylic acids is 2. The standard InChI is InChI=1S/C18H19N3O3/c22-16-8-7-14(11-19-16)18(24)20-10-13-4-1-2-5-15(13)12-21-9-3-6-17(21)23/h1-2,4-5,7-8,11H,3,6,9-10,12H2,(H,19,22)(H,20,24). The van der Waals surface area contributed by atoms with Gasteiger partial charge in [0.1, 0.15) is 0 Å². The first-order valence-corrected chi connectivity index (χ1v) is 7.95. The highest BCUT2D eigenvalue weighted by Gasteiger charge is 2.20. The average Bonchev–Trinajstić information content (AvgIpc) is 2.99. The fourth-order valence-corrected chi connectivity index (χ4v) is 2.79. The molecule has 124 valence electrons. The minimum absolute atomic E-state index is 0.182.